The van der Waals surface area contributed by atoms with Gasteiger partial charge in [0.25, 0.3) is 0 Å². The maximum absolute atomic E-state index is 3.90. The summed E-state index contributed by atoms with van der Waals surface area (Å²) in [6.45, 7) is 9.74. The largest absolute Gasteiger partial charge is 0.355 e. The third-order valence-corrected chi connectivity index (χ3v) is 19.2. The molecule has 0 unspecified atom stereocenters. The smallest absolute Gasteiger partial charge is 0.179 e. The molecule has 0 saturated carbocycles. The van der Waals surface area contributed by atoms with Crippen LogP contribution in [-0.2, 0) is 10.8 Å². The van der Waals surface area contributed by atoms with E-state index in [2.05, 4.69) is 262 Å². The van der Waals surface area contributed by atoms with Crippen molar-refractivity contribution in [2.45, 2.75) is 51.4 Å². The van der Waals surface area contributed by atoms with Crippen molar-refractivity contribution in [2.24, 2.45) is 0 Å². The molecule has 1 aliphatic rings. The van der Waals surface area contributed by atoms with Gasteiger partial charge in [0, 0.05) is 33.4 Å². The maximum atomic E-state index is 3.90. The van der Waals surface area contributed by atoms with Crippen molar-refractivity contribution in [3.05, 3.63) is 236 Å². The van der Waals surface area contributed by atoms with Crippen molar-refractivity contribution < 1.29 is 0 Å². The first-order chi connectivity index (χ1) is 31.7. The molecule has 1 aromatic heterocycles. The molecule has 0 fully saturated rings. The summed E-state index contributed by atoms with van der Waals surface area (Å²) >= 11 is 0. The monoisotopic (exact) mass is 854 g/mol. The van der Waals surface area contributed by atoms with Crippen LogP contribution in [0.25, 0.3) is 49.7 Å². The van der Waals surface area contributed by atoms with Gasteiger partial charge in [0.05, 0.1) is 11.0 Å². The van der Waals surface area contributed by atoms with Gasteiger partial charge >= 0.3 is 0 Å². The molecule has 10 aromatic rings. The fourth-order valence-electron chi connectivity index (χ4n) is 10.9. The van der Waals surface area contributed by atoms with E-state index in [-0.39, 0.29) is 10.8 Å². The molecular formula is C62H54N2Si. The molecule has 2 nitrogen and oxygen atoms in total. The molecule has 0 aliphatic heterocycles. The zero-order chi connectivity index (χ0) is 44.2. The second-order valence-electron chi connectivity index (χ2n) is 19.2. The van der Waals surface area contributed by atoms with Crippen LogP contribution < -0.4 is 26.1 Å². The minimum atomic E-state index is -2.78. The van der Waals surface area contributed by atoms with Gasteiger partial charge in [0.1, 0.15) is 0 Å². The van der Waals surface area contributed by atoms with E-state index in [4.69, 9.17) is 0 Å². The van der Waals surface area contributed by atoms with E-state index in [1.807, 2.05) is 0 Å². The molecule has 0 radical (unpaired) electrons. The highest BCUT2D eigenvalue weighted by Crippen LogP contribution is 2.46. The van der Waals surface area contributed by atoms with E-state index >= 15 is 0 Å². The number of rotatable bonds is 9. The molecule has 0 bridgehead atoms. The van der Waals surface area contributed by atoms with Gasteiger partial charge in [0.2, 0.25) is 0 Å². The number of nitrogens with zero attached hydrogens (tertiary/aromatic N) is 1. The van der Waals surface area contributed by atoms with Crippen LogP contribution in [0.15, 0.2) is 224 Å². The van der Waals surface area contributed by atoms with Crippen molar-refractivity contribution in [3.63, 3.8) is 0 Å². The van der Waals surface area contributed by atoms with E-state index in [1.54, 1.807) is 0 Å². The lowest BCUT2D eigenvalue weighted by Gasteiger charge is -2.43. The normalized spacial score (nSPS) is 14.3. The van der Waals surface area contributed by atoms with Crippen molar-refractivity contribution >= 4 is 62.0 Å². The van der Waals surface area contributed by atoms with Crippen molar-refractivity contribution in [1.29, 1.82) is 0 Å². The molecule has 0 saturated heterocycles. The summed E-state index contributed by atoms with van der Waals surface area (Å²) in [5.41, 5.74) is 13.7. The summed E-state index contributed by atoms with van der Waals surface area (Å²) < 4.78 is 2.38. The van der Waals surface area contributed by atoms with Crippen LogP contribution in [0, 0.1) is 0 Å². The molecule has 9 aromatic carbocycles. The van der Waals surface area contributed by atoms with Gasteiger partial charge < -0.3 is 9.88 Å². The van der Waals surface area contributed by atoms with Crippen LogP contribution in [0.2, 0.25) is 0 Å². The van der Waals surface area contributed by atoms with Crippen molar-refractivity contribution in [1.82, 2.24) is 4.57 Å². The Hall–Kier alpha value is -7.20. The number of anilines is 2. The van der Waals surface area contributed by atoms with E-state index in [0.717, 1.165) is 16.9 Å². The Labute approximate surface area is 384 Å². The van der Waals surface area contributed by atoms with Gasteiger partial charge in [-0.2, -0.15) is 0 Å². The predicted molar refractivity (Wildman–Crippen MR) is 280 cm³/mol. The van der Waals surface area contributed by atoms with Gasteiger partial charge in [0.15, 0.2) is 8.07 Å². The van der Waals surface area contributed by atoms with E-state index < -0.39 is 8.07 Å². The highest BCUT2D eigenvalue weighted by Gasteiger charge is 2.44. The molecule has 1 heterocycles. The number of hydrogen-bond acceptors (Lipinski definition) is 1. The summed E-state index contributed by atoms with van der Waals surface area (Å²) in [6, 6.07) is 83.6. The predicted octanol–water partition coefficient (Wildman–Crippen LogP) is 13.6. The SMILES string of the molecule is CC1(C)CCC(C)(C)c2cc([Si](c3ccccc3)(c3ccccc3)c3ccc(Nc4ccccc4-c4ccccc4-c4ccc5c(c4)c4ccccc4n5-c4ccccc4)cc3)ccc21. The average molecular weight is 855 g/mol. The summed E-state index contributed by atoms with van der Waals surface area (Å²) in [5.74, 6) is 0. The molecule has 1 N–H and O–H groups in total. The average Bonchev–Trinajstić information content (AvgIpc) is 3.69. The zero-order valence-electron chi connectivity index (χ0n) is 37.7. The number of nitrogens with one attached hydrogen (secondary N) is 1. The summed E-state index contributed by atoms with van der Waals surface area (Å²) in [5, 5.41) is 12.0. The lowest BCUT2D eigenvalue weighted by atomic mass is 9.63. The van der Waals surface area contributed by atoms with E-state index in [1.165, 1.54) is 88.9 Å². The fraction of sp³-hybridized carbons (Fsp3) is 0.129. The van der Waals surface area contributed by atoms with Crippen LogP contribution in [0.1, 0.15) is 51.7 Å². The number of aromatic nitrogens is 1. The highest BCUT2D eigenvalue weighted by atomic mass is 28.3. The minimum Gasteiger partial charge on any atom is -0.355 e. The Morgan fingerprint density at radius 2 is 0.923 bits per heavy atom. The Bertz CT molecular complexity index is 3290. The fourth-order valence-corrected chi connectivity index (χ4v) is 15.7. The lowest BCUT2D eigenvalue weighted by Crippen LogP contribution is -2.74. The van der Waals surface area contributed by atoms with Crippen LogP contribution in [0.5, 0.6) is 0 Å². The summed E-state index contributed by atoms with van der Waals surface area (Å²) in [4.78, 5) is 0. The first-order valence-electron chi connectivity index (χ1n) is 23.1. The Morgan fingerprint density at radius 1 is 0.400 bits per heavy atom. The third-order valence-electron chi connectivity index (χ3n) is 14.4. The van der Waals surface area contributed by atoms with Crippen LogP contribution in [0.3, 0.4) is 0 Å². The third kappa shape index (κ3) is 6.94. The molecule has 1 aliphatic carbocycles. The Balaban J connectivity index is 0.999. The molecule has 3 heteroatoms. The topological polar surface area (TPSA) is 17.0 Å². The second-order valence-corrected chi connectivity index (χ2v) is 23.0. The molecule has 316 valence electrons. The molecule has 0 amide bonds. The van der Waals surface area contributed by atoms with Crippen molar-refractivity contribution in [3.8, 4) is 27.9 Å². The van der Waals surface area contributed by atoms with Gasteiger partial charge in [-0.25, -0.2) is 0 Å². The molecular weight excluding hydrogens is 801 g/mol. The van der Waals surface area contributed by atoms with E-state index in [0.29, 0.717) is 0 Å². The van der Waals surface area contributed by atoms with E-state index in [9.17, 15) is 0 Å². The Morgan fingerprint density at radius 3 is 1.62 bits per heavy atom. The summed E-state index contributed by atoms with van der Waals surface area (Å²) in [7, 11) is -2.78. The highest BCUT2D eigenvalue weighted by molar-refractivity contribution is 7.19. The number of benzene rings is 9. The number of fused-ring (bicyclic) bond motifs is 4. The first-order valence-corrected chi connectivity index (χ1v) is 25.1. The first kappa shape index (κ1) is 40.6. The molecule has 65 heavy (non-hydrogen) atoms. The van der Waals surface area contributed by atoms with Crippen LogP contribution in [0.4, 0.5) is 11.4 Å². The van der Waals surface area contributed by atoms with Gasteiger partial charge in [-0.05, 0) is 121 Å². The number of para-hydroxylation sites is 3. The lowest BCUT2D eigenvalue weighted by molar-refractivity contribution is 0.332. The summed E-state index contributed by atoms with van der Waals surface area (Å²) in [6.07, 6.45) is 2.38. The van der Waals surface area contributed by atoms with Gasteiger partial charge in [-0.3, -0.25) is 0 Å². The quantitative estimate of drug-likeness (QED) is 0.113. The molecule has 0 spiro atoms. The van der Waals surface area contributed by atoms with Crippen molar-refractivity contribution in [2.75, 3.05) is 5.32 Å². The Kier molecular flexibility index (Phi) is 10.0. The van der Waals surface area contributed by atoms with Crippen LogP contribution >= 0.6 is 0 Å². The number of hydrogen-bond donors (Lipinski definition) is 1. The minimum absolute atomic E-state index is 0.101. The van der Waals surface area contributed by atoms with Crippen LogP contribution in [-0.4, -0.2) is 12.6 Å². The molecule has 0 atom stereocenters. The maximum Gasteiger partial charge on any atom is 0.179 e. The molecule has 11 rings (SSSR count). The van der Waals surface area contributed by atoms with Gasteiger partial charge in [-0.1, -0.05) is 204 Å². The zero-order valence-corrected chi connectivity index (χ0v) is 38.7. The second kappa shape index (κ2) is 16.1. The van der Waals surface area contributed by atoms with Gasteiger partial charge in [-0.15, -0.1) is 0 Å². The standard InChI is InChI=1S/C62H54N2Si/c1-61(2)40-41-62(3,4)57-43-50(37-38-56(57)61)65(47-22-10-6-11-23-47,48-24-12-7-13-25-48)49-35-33-45(34-36-49)63-58-30-18-16-28-53(58)52-27-15-14-26-51(52)44-32-39-60-55(42-44)54-29-17-19-31-59(54)64(60)46-20-8-5-9-21-46/h5-39,42-43,63H,40-41H2,1-4H3.